The number of nitriles is 1. The van der Waals surface area contributed by atoms with Crippen LogP contribution in [-0.4, -0.2) is 5.78 Å². The molecule has 0 aliphatic heterocycles. The SMILES string of the molecule is CC1CC(C#N)C(C)CC1=O. The Morgan fingerprint density at radius 3 is 2.73 bits per heavy atom. The van der Waals surface area contributed by atoms with Gasteiger partial charge in [0.2, 0.25) is 0 Å². The minimum Gasteiger partial charge on any atom is -0.299 e. The summed E-state index contributed by atoms with van der Waals surface area (Å²) < 4.78 is 0. The average Bonchev–Trinajstić information content (AvgIpc) is 1.97. The summed E-state index contributed by atoms with van der Waals surface area (Å²) in [6.45, 7) is 3.90. The number of hydrogen-bond donors (Lipinski definition) is 0. The van der Waals surface area contributed by atoms with Crippen molar-refractivity contribution in [2.45, 2.75) is 26.7 Å². The minimum absolute atomic E-state index is 0.0997. The number of ketones is 1. The molecule has 1 fully saturated rings. The van der Waals surface area contributed by atoms with Gasteiger partial charge in [-0.25, -0.2) is 0 Å². The molecule has 60 valence electrons. The van der Waals surface area contributed by atoms with E-state index in [1.54, 1.807) is 0 Å². The molecule has 0 aromatic rings. The smallest absolute Gasteiger partial charge is 0.136 e. The van der Waals surface area contributed by atoms with E-state index in [4.69, 9.17) is 5.26 Å². The Hall–Kier alpha value is -0.840. The number of nitrogens with zero attached hydrogens (tertiary/aromatic N) is 1. The van der Waals surface area contributed by atoms with Gasteiger partial charge in [-0.15, -0.1) is 0 Å². The molecule has 1 aliphatic carbocycles. The van der Waals surface area contributed by atoms with Crippen molar-refractivity contribution in [3.8, 4) is 6.07 Å². The van der Waals surface area contributed by atoms with E-state index in [0.717, 1.165) is 6.42 Å². The highest BCUT2D eigenvalue weighted by molar-refractivity contribution is 5.81. The second-order valence-electron chi connectivity index (χ2n) is 3.52. The van der Waals surface area contributed by atoms with E-state index in [1.807, 2.05) is 13.8 Å². The fraction of sp³-hybridized carbons (Fsp3) is 0.778. The Morgan fingerprint density at radius 2 is 2.18 bits per heavy atom. The largest absolute Gasteiger partial charge is 0.299 e. The molecule has 2 nitrogen and oxygen atoms in total. The molecule has 0 bridgehead atoms. The molecule has 0 radical (unpaired) electrons. The lowest BCUT2D eigenvalue weighted by atomic mass is 9.75. The molecule has 0 aromatic carbocycles. The van der Waals surface area contributed by atoms with Crippen LogP contribution < -0.4 is 0 Å². The Kier molecular flexibility index (Phi) is 2.28. The van der Waals surface area contributed by atoms with Gasteiger partial charge >= 0.3 is 0 Å². The van der Waals surface area contributed by atoms with Gasteiger partial charge < -0.3 is 0 Å². The van der Waals surface area contributed by atoms with Crippen LogP contribution in [-0.2, 0) is 4.79 Å². The van der Waals surface area contributed by atoms with Crippen LogP contribution in [0.1, 0.15) is 26.7 Å². The molecule has 0 spiro atoms. The van der Waals surface area contributed by atoms with Crippen molar-refractivity contribution in [1.82, 2.24) is 0 Å². The minimum atomic E-state index is 0.0997. The van der Waals surface area contributed by atoms with Gasteiger partial charge in [0.25, 0.3) is 0 Å². The molecule has 1 rings (SSSR count). The van der Waals surface area contributed by atoms with Gasteiger partial charge in [-0.3, -0.25) is 4.79 Å². The zero-order valence-corrected chi connectivity index (χ0v) is 7.00. The maximum Gasteiger partial charge on any atom is 0.136 e. The van der Waals surface area contributed by atoms with Crippen LogP contribution in [0.4, 0.5) is 0 Å². The predicted molar refractivity (Wildman–Crippen MR) is 41.7 cm³/mol. The number of rotatable bonds is 0. The molecule has 3 unspecified atom stereocenters. The zero-order valence-electron chi connectivity index (χ0n) is 7.00. The van der Waals surface area contributed by atoms with E-state index >= 15 is 0 Å². The van der Waals surface area contributed by atoms with Crippen LogP contribution in [0.2, 0.25) is 0 Å². The lowest BCUT2D eigenvalue weighted by Crippen LogP contribution is -2.28. The zero-order chi connectivity index (χ0) is 8.43. The summed E-state index contributed by atoms with van der Waals surface area (Å²) in [4.78, 5) is 11.2. The summed E-state index contributed by atoms with van der Waals surface area (Å²) >= 11 is 0. The third kappa shape index (κ3) is 1.59. The Labute approximate surface area is 67.2 Å². The van der Waals surface area contributed by atoms with Crippen molar-refractivity contribution in [2.75, 3.05) is 0 Å². The maximum absolute atomic E-state index is 11.2. The number of hydrogen-bond acceptors (Lipinski definition) is 2. The first-order valence-electron chi connectivity index (χ1n) is 4.07. The van der Waals surface area contributed by atoms with Gasteiger partial charge in [-0.1, -0.05) is 13.8 Å². The maximum atomic E-state index is 11.2. The van der Waals surface area contributed by atoms with E-state index in [9.17, 15) is 4.79 Å². The summed E-state index contributed by atoms with van der Waals surface area (Å²) in [6.07, 6.45) is 1.36. The summed E-state index contributed by atoms with van der Waals surface area (Å²) in [5, 5.41) is 8.70. The van der Waals surface area contributed by atoms with E-state index in [2.05, 4.69) is 6.07 Å². The molecular formula is C9H13NO. The highest BCUT2D eigenvalue weighted by Crippen LogP contribution is 2.30. The van der Waals surface area contributed by atoms with Crippen LogP contribution in [0.5, 0.6) is 0 Å². The van der Waals surface area contributed by atoms with Gasteiger partial charge in [-0.2, -0.15) is 5.26 Å². The predicted octanol–water partition coefficient (Wildman–Crippen LogP) is 1.76. The molecule has 0 N–H and O–H groups in total. The summed E-state index contributed by atoms with van der Waals surface area (Å²) in [5.74, 6) is 0.797. The molecule has 1 saturated carbocycles. The standard InChI is InChI=1S/C9H13NO/c1-6-4-9(11)7(2)3-8(6)5-10/h6-8H,3-4H2,1-2H3. The van der Waals surface area contributed by atoms with E-state index in [-0.39, 0.29) is 17.8 Å². The van der Waals surface area contributed by atoms with Crippen LogP contribution in [0.15, 0.2) is 0 Å². The van der Waals surface area contributed by atoms with Gasteiger partial charge in [0.1, 0.15) is 5.78 Å². The van der Waals surface area contributed by atoms with Crippen molar-refractivity contribution in [3.05, 3.63) is 0 Å². The highest BCUT2D eigenvalue weighted by atomic mass is 16.1. The molecular weight excluding hydrogens is 138 g/mol. The van der Waals surface area contributed by atoms with E-state index < -0.39 is 0 Å². The monoisotopic (exact) mass is 151 g/mol. The van der Waals surface area contributed by atoms with Crippen molar-refractivity contribution >= 4 is 5.78 Å². The number of carbonyl (C=O) groups excluding carboxylic acids is 1. The molecule has 0 saturated heterocycles. The van der Waals surface area contributed by atoms with Crippen LogP contribution in [0.25, 0.3) is 0 Å². The van der Waals surface area contributed by atoms with Gasteiger partial charge in [0.15, 0.2) is 0 Å². The van der Waals surface area contributed by atoms with Crippen LogP contribution >= 0.6 is 0 Å². The third-order valence-electron chi connectivity index (χ3n) is 2.53. The second kappa shape index (κ2) is 3.04. The summed E-state index contributed by atoms with van der Waals surface area (Å²) in [7, 11) is 0. The van der Waals surface area contributed by atoms with Gasteiger partial charge in [0.05, 0.1) is 6.07 Å². The molecule has 1 aliphatic rings. The Bertz CT molecular complexity index is 204. The van der Waals surface area contributed by atoms with Crippen LogP contribution in [0, 0.1) is 29.1 Å². The topological polar surface area (TPSA) is 40.9 Å². The lowest BCUT2D eigenvalue weighted by Gasteiger charge is -2.26. The fourth-order valence-electron chi connectivity index (χ4n) is 1.59. The quantitative estimate of drug-likeness (QED) is 0.529. The molecule has 0 amide bonds. The van der Waals surface area contributed by atoms with E-state index in [1.165, 1.54) is 0 Å². The third-order valence-corrected chi connectivity index (χ3v) is 2.53. The first-order valence-corrected chi connectivity index (χ1v) is 4.07. The van der Waals surface area contributed by atoms with Crippen molar-refractivity contribution in [3.63, 3.8) is 0 Å². The normalized spacial score (nSPS) is 38.3. The van der Waals surface area contributed by atoms with Crippen molar-refractivity contribution < 1.29 is 4.79 Å². The fourth-order valence-corrected chi connectivity index (χ4v) is 1.59. The lowest BCUT2D eigenvalue weighted by molar-refractivity contribution is -0.126. The number of carbonyl (C=O) groups is 1. The average molecular weight is 151 g/mol. The summed E-state index contributed by atoms with van der Waals surface area (Å²) in [5.41, 5.74) is 0. The molecule has 0 heterocycles. The van der Waals surface area contributed by atoms with Crippen molar-refractivity contribution in [1.29, 1.82) is 5.26 Å². The molecule has 11 heavy (non-hydrogen) atoms. The molecule has 2 heteroatoms. The number of Topliss-reactive ketones (excluding diaryl/α,β-unsaturated/α-hetero) is 1. The molecule has 3 atom stereocenters. The Morgan fingerprint density at radius 1 is 1.55 bits per heavy atom. The first kappa shape index (κ1) is 8.26. The highest BCUT2D eigenvalue weighted by Gasteiger charge is 2.30. The summed E-state index contributed by atoms with van der Waals surface area (Å²) in [6, 6.07) is 2.25. The van der Waals surface area contributed by atoms with Gasteiger partial charge in [-0.05, 0) is 12.3 Å². The van der Waals surface area contributed by atoms with E-state index in [0.29, 0.717) is 12.2 Å². The Balaban J connectivity index is 2.64. The van der Waals surface area contributed by atoms with Crippen molar-refractivity contribution in [2.24, 2.45) is 17.8 Å². The van der Waals surface area contributed by atoms with Crippen LogP contribution in [0.3, 0.4) is 0 Å². The van der Waals surface area contributed by atoms with Gasteiger partial charge in [0, 0.05) is 18.3 Å². The second-order valence-corrected chi connectivity index (χ2v) is 3.52. The molecule has 0 aromatic heterocycles. The first-order chi connectivity index (χ1) is 5.15.